The normalized spacial score (nSPS) is 14.5. The van der Waals surface area contributed by atoms with E-state index in [1.54, 1.807) is 17.1 Å². The number of nitrogens with one attached hydrogen (secondary N) is 1. The van der Waals surface area contributed by atoms with Crippen molar-refractivity contribution in [2.75, 3.05) is 5.73 Å². The number of benzene rings is 1. The summed E-state index contributed by atoms with van der Waals surface area (Å²) in [7, 11) is 0. The van der Waals surface area contributed by atoms with Gasteiger partial charge in [-0.3, -0.25) is 9.36 Å². The van der Waals surface area contributed by atoms with Gasteiger partial charge in [0.2, 0.25) is 0 Å². The average molecular weight is 534 g/mol. The number of rotatable bonds is 5. The molecule has 11 heteroatoms. The van der Waals surface area contributed by atoms with Crippen LogP contribution < -0.4 is 11.1 Å². The summed E-state index contributed by atoms with van der Waals surface area (Å²) in [6.07, 6.45) is 6.91. The van der Waals surface area contributed by atoms with Crippen LogP contribution in [-0.4, -0.2) is 39.6 Å². The number of nitrogens with zero attached hydrogens (tertiary/aromatic N) is 7. The number of carbonyl (C=O) groups is 1. The van der Waals surface area contributed by atoms with Crippen LogP contribution >= 0.6 is 11.5 Å². The molecule has 0 saturated heterocycles. The maximum atomic E-state index is 12.8. The maximum Gasteiger partial charge on any atom is 0.263 e. The van der Waals surface area contributed by atoms with Crippen molar-refractivity contribution in [2.45, 2.75) is 25.8 Å². The van der Waals surface area contributed by atoms with Gasteiger partial charge in [0.15, 0.2) is 17.3 Å². The highest BCUT2D eigenvalue weighted by atomic mass is 32.1. The Balaban J connectivity index is 1.32. The number of aryl methyl sites for hydroxylation is 2. The van der Waals surface area contributed by atoms with E-state index in [0.29, 0.717) is 28.0 Å². The Morgan fingerprint density at radius 1 is 1.10 bits per heavy atom. The number of carbonyl (C=O) groups excluding carboxylic acids is 1. The second kappa shape index (κ2) is 9.14. The van der Waals surface area contributed by atoms with E-state index in [-0.39, 0.29) is 11.9 Å². The molecule has 0 fully saturated rings. The molecule has 192 valence electrons. The van der Waals surface area contributed by atoms with E-state index in [0.717, 1.165) is 40.9 Å². The monoisotopic (exact) mass is 533 g/mol. The summed E-state index contributed by atoms with van der Waals surface area (Å²) in [6, 6.07) is 17.5. The van der Waals surface area contributed by atoms with Gasteiger partial charge in [-0.25, -0.2) is 19.6 Å². The van der Waals surface area contributed by atoms with E-state index < -0.39 is 0 Å². The molecule has 1 amide bonds. The second-order valence-electron chi connectivity index (χ2n) is 9.45. The van der Waals surface area contributed by atoms with Crippen molar-refractivity contribution >= 4 is 34.4 Å². The topological polar surface area (TPSA) is 129 Å². The number of anilines is 1. The van der Waals surface area contributed by atoms with Gasteiger partial charge in [0, 0.05) is 24.3 Å². The van der Waals surface area contributed by atoms with Crippen molar-refractivity contribution in [3.63, 3.8) is 0 Å². The van der Waals surface area contributed by atoms with Gasteiger partial charge in [-0.1, -0.05) is 6.07 Å². The molecule has 0 spiro atoms. The van der Waals surface area contributed by atoms with Gasteiger partial charge in [0.1, 0.15) is 16.2 Å². The van der Waals surface area contributed by atoms with Gasteiger partial charge in [0.25, 0.3) is 5.91 Å². The third-order valence-corrected chi connectivity index (χ3v) is 7.81. The summed E-state index contributed by atoms with van der Waals surface area (Å²) < 4.78 is 7.96. The Kier molecular flexibility index (Phi) is 5.44. The lowest BCUT2D eigenvalue weighted by Gasteiger charge is -2.15. The van der Waals surface area contributed by atoms with Crippen LogP contribution in [0.5, 0.6) is 0 Å². The van der Waals surface area contributed by atoms with Crippen molar-refractivity contribution in [1.82, 2.24) is 39.0 Å². The third-order valence-electron chi connectivity index (χ3n) is 6.93. The lowest BCUT2D eigenvalue weighted by atomic mass is 10.1. The number of aromatic nitrogens is 7. The predicted molar refractivity (Wildman–Crippen MR) is 149 cm³/mol. The summed E-state index contributed by atoms with van der Waals surface area (Å²) >= 11 is 1.22. The molecule has 0 aliphatic heterocycles. The minimum atomic E-state index is -0.0900. The van der Waals surface area contributed by atoms with Crippen molar-refractivity contribution in [3.05, 3.63) is 94.9 Å². The zero-order chi connectivity index (χ0) is 26.5. The van der Waals surface area contributed by atoms with Crippen molar-refractivity contribution in [1.29, 1.82) is 0 Å². The first-order chi connectivity index (χ1) is 19.0. The molecule has 1 aliphatic carbocycles. The Bertz CT molecular complexity index is 1850. The van der Waals surface area contributed by atoms with Crippen LogP contribution in [0.15, 0.2) is 73.2 Å². The number of fused-ring (bicyclic) bond motifs is 2. The number of hydrogen-bond acceptors (Lipinski definition) is 8. The van der Waals surface area contributed by atoms with Gasteiger partial charge >= 0.3 is 0 Å². The van der Waals surface area contributed by atoms with Crippen LogP contribution in [0.3, 0.4) is 0 Å². The van der Waals surface area contributed by atoms with Gasteiger partial charge in [-0.15, -0.1) is 0 Å². The third kappa shape index (κ3) is 4.03. The van der Waals surface area contributed by atoms with Gasteiger partial charge in [-0.2, -0.15) is 9.47 Å². The summed E-state index contributed by atoms with van der Waals surface area (Å²) in [6.45, 7) is 1.89. The van der Waals surface area contributed by atoms with Crippen LogP contribution in [0.1, 0.15) is 39.0 Å². The molecule has 10 nitrogen and oxygen atoms in total. The summed E-state index contributed by atoms with van der Waals surface area (Å²) in [5.74, 6) is 1.64. The van der Waals surface area contributed by atoms with Gasteiger partial charge < -0.3 is 11.1 Å². The van der Waals surface area contributed by atoms with Crippen LogP contribution in [0, 0.1) is 6.92 Å². The molecule has 39 heavy (non-hydrogen) atoms. The van der Waals surface area contributed by atoms with E-state index in [2.05, 4.69) is 31.9 Å². The fourth-order valence-electron chi connectivity index (χ4n) is 5.10. The molecule has 0 saturated carbocycles. The Morgan fingerprint density at radius 3 is 2.82 bits per heavy atom. The lowest BCUT2D eigenvalue weighted by molar-refractivity contribution is 0.0941. The van der Waals surface area contributed by atoms with E-state index in [9.17, 15) is 4.79 Å². The molecule has 7 rings (SSSR count). The minimum Gasteiger partial charge on any atom is -0.383 e. The Labute approximate surface area is 227 Å². The molecule has 1 atom stereocenters. The predicted octanol–water partition coefficient (Wildman–Crippen LogP) is 4.43. The highest BCUT2D eigenvalue weighted by Gasteiger charge is 2.27. The smallest absolute Gasteiger partial charge is 0.263 e. The number of nitrogen functional groups attached to an aromatic ring is 1. The minimum absolute atomic E-state index is 0.0542. The molecular weight excluding hydrogens is 510 g/mol. The zero-order valence-corrected chi connectivity index (χ0v) is 21.8. The first kappa shape index (κ1) is 23.2. The molecule has 1 aromatic carbocycles. The number of nitrogens with two attached hydrogens (primary N) is 1. The fourth-order valence-corrected chi connectivity index (χ4v) is 5.76. The SMILES string of the molecule is Cc1cc(C(=O)N[C@H]2CCc3cc(-n4c(-c5cccnc5N)nc5ccc(-n6cccn6)nc54)ccc32)sn1. The standard InChI is InChI=1S/C28H23N9OS/c1-16-14-23(39-35-16)28(38)33-21-8-5-17-15-18(6-7-19(17)21)37-26(20-4-2-11-30-25(20)29)32-22-9-10-24(34-27(22)37)36-13-3-12-31-36/h2-4,6-7,9-15,21H,5,8H2,1H3,(H2,29,30)(H,33,38)/t21-/m0/s1. The van der Waals surface area contributed by atoms with Gasteiger partial charge in [-0.05, 0) is 91.0 Å². The number of imidazole rings is 1. The fraction of sp³-hybridized carbons (Fsp3) is 0.143. The van der Waals surface area contributed by atoms with Crippen molar-refractivity contribution < 1.29 is 4.79 Å². The number of pyridine rings is 2. The molecule has 5 aromatic heterocycles. The molecule has 0 radical (unpaired) electrons. The second-order valence-corrected chi connectivity index (χ2v) is 10.3. The lowest BCUT2D eigenvalue weighted by Crippen LogP contribution is -2.26. The van der Waals surface area contributed by atoms with Crippen LogP contribution in [0.4, 0.5) is 5.82 Å². The maximum absolute atomic E-state index is 12.8. The molecule has 0 bridgehead atoms. The molecule has 6 aromatic rings. The zero-order valence-electron chi connectivity index (χ0n) is 20.9. The van der Waals surface area contributed by atoms with Crippen molar-refractivity contribution in [2.24, 2.45) is 0 Å². The van der Waals surface area contributed by atoms with E-state index >= 15 is 0 Å². The molecule has 1 aliphatic rings. The van der Waals surface area contributed by atoms with E-state index in [4.69, 9.17) is 15.7 Å². The number of hydrogen-bond donors (Lipinski definition) is 2. The van der Waals surface area contributed by atoms with Crippen LogP contribution in [0.25, 0.3) is 34.1 Å². The summed E-state index contributed by atoms with van der Waals surface area (Å²) in [4.78, 5) is 27.6. The van der Waals surface area contributed by atoms with Crippen LogP contribution in [0.2, 0.25) is 0 Å². The largest absolute Gasteiger partial charge is 0.383 e. The molecule has 0 unspecified atom stereocenters. The Hall–Kier alpha value is -4.90. The Morgan fingerprint density at radius 2 is 2.03 bits per heavy atom. The van der Waals surface area contributed by atoms with Gasteiger partial charge in [0.05, 0.1) is 17.3 Å². The number of amides is 1. The molecular formula is C28H23N9OS. The first-order valence-corrected chi connectivity index (χ1v) is 13.3. The highest BCUT2D eigenvalue weighted by molar-refractivity contribution is 7.08. The average Bonchev–Trinajstić information content (AvgIpc) is 3.75. The first-order valence-electron chi connectivity index (χ1n) is 12.5. The quantitative estimate of drug-likeness (QED) is 0.335. The highest BCUT2D eigenvalue weighted by Crippen LogP contribution is 2.36. The summed E-state index contributed by atoms with van der Waals surface area (Å²) in [5.41, 5.74) is 12.5. The van der Waals surface area contributed by atoms with Crippen LogP contribution in [-0.2, 0) is 6.42 Å². The summed E-state index contributed by atoms with van der Waals surface area (Å²) in [5, 5.41) is 7.52. The van der Waals surface area contributed by atoms with E-state index in [1.807, 2.05) is 60.2 Å². The van der Waals surface area contributed by atoms with E-state index in [1.165, 1.54) is 17.1 Å². The van der Waals surface area contributed by atoms with Crippen molar-refractivity contribution in [3.8, 4) is 22.9 Å². The molecule has 5 heterocycles. The molecule has 3 N–H and O–H groups in total.